The molecular formula is C22H27N6+. The number of fused-ring (bicyclic) bond motifs is 1. The summed E-state index contributed by atoms with van der Waals surface area (Å²) in [4.78, 5) is 9.44. The Morgan fingerprint density at radius 2 is 2.11 bits per heavy atom. The van der Waals surface area contributed by atoms with E-state index in [0.717, 1.165) is 61.7 Å². The Labute approximate surface area is 165 Å². The molecule has 0 atom stereocenters. The largest absolute Gasteiger partial charge is 0.397 e. The number of nitrogens with two attached hydrogens (primary N) is 1. The lowest BCUT2D eigenvalue weighted by atomic mass is 9.92. The van der Waals surface area contributed by atoms with E-state index in [0.29, 0.717) is 5.70 Å². The summed E-state index contributed by atoms with van der Waals surface area (Å²) >= 11 is 0. The topological polar surface area (TPSA) is 71.6 Å². The molecule has 3 N–H and O–H groups in total. The molecule has 2 aromatic rings. The van der Waals surface area contributed by atoms with E-state index in [9.17, 15) is 0 Å². The van der Waals surface area contributed by atoms with Crippen molar-refractivity contribution < 1.29 is 4.57 Å². The zero-order valence-corrected chi connectivity index (χ0v) is 16.3. The fourth-order valence-corrected chi connectivity index (χ4v) is 3.50. The lowest BCUT2D eigenvalue weighted by molar-refractivity contribution is -0.671. The van der Waals surface area contributed by atoms with Crippen molar-refractivity contribution in [2.75, 3.05) is 18.4 Å². The molecule has 0 radical (unpaired) electrons. The van der Waals surface area contributed by atoms with Crippen molar-refractivity contribution in [1.82, 2.24) is 4.57 Å². The zero-order chi connectivity index (χ0) is 19.3. The van der Waals surface area contributed by atoms with Gasteiger partial charge in [-0.2, -0.15) is 0 Å². The number of benzene rings is 1. The molecule has 1 aliphatic carbocycles. The SMILES string of the molecule is C[n+]1ccn(CCCNc2ccc(N=C3C(N)=CC=C4CCCN=C43)cc2)c1. The third-order valence-corrected chi connectivity index (χ3v) is 4.99. The van der Waals surface area contributed by atoms with Crippen LogP contribution in [0.4, 0.5) is 11.4 Å². The molecule has 6 nitrogen and oxygen atoms in total. The second-order valence-electron chi connectivity index (χ2n) is 7.25. The number of aryl methyl sites for hydroxylation is 2. The Balaban J connectivity index is 1.36. The highest BCUT2D eigenvalue weighted by Gasteiger charge is 2.22. The van der Waals surface area contributed by atoms with Crippen LogP contribution in [0.25, 0.3) is 0 Å². The van der Waals surface area contributed by atoms with Crippen LogP contribution in [0.5, 0.6) is 0 Å². The first kappa shape index (κ1) is 18.2. The van der Waals surface area contributed by atoms with Crippen molar-refractivity contribution in [2.24, 2.45) is 22.8 Å². The maximum Gasteiger partial charge on any atom is 0.243 e. The number of hydrogen-bond donors (Lipinski definition) is 2. The lowest BCUT2D eigenvalue weighted by Crippen LogP contribution is -2.28. The first-order chi connectivity index (χ1) is 13.7. The molecule has 0 fully saturated rings. The summed E-state index contributed by atoms with van der Waals surface area (Å²) in [6.07, 6.45) is 13.5. The Hall–Kier alpha value is -3.15. The van der Waals surface area contributed by atoms with E-state index >= 15 is 0 Å². The van der Waals surface area contributed by atoms with Crippen LogP contribution in [-0.4, -0.2) is 29.1 Å². The average molecular weight is 376 g/mol. The van der Waals surface area contributed by atoms with Crippen molar-refractivity contribution in [3.63, 3.8) is 0 Å². The van der Waals surface area contributed by atoms with Gasteiger partial charge in [0.2, 0.25) is 6.33 Å². The molecule has 1 aromatic heterocycles. The van der Waals surface area contributed by atoms with E-state index in [2.05, 4.69) is 56.4 Å². The van der Waals surface area contributed by atoms with Crippen LogP contribution in [0.3, 0.4) is 0 Å². The quantitative estimate of drug-likeness (QED) is 0.463. The molecule has 144 valence electrons. The standard InChI is InChI=1S/C22H27N6/c1-27-14-15-28(16-27)13-3-12-24-18-6-8-19(9-7-18)26-22-20(23)10-5-17-4-2-11-25-21(17)22/h5-10,14-16,24H,2-4,11-13,23H2,1H3/q+1. The van der Waals surface area contributed by atoms with Crippen LogP contribution < -0.4 is 15.6 Å². The van der Waals surface area contributed by atoms with Crippen LogP contribution in [0.1, 0.15) is 19.3 Å². The molecule has 0 saturated carbocycles. The predicted octanol–water partition coefficient (Wildman–Crippen LogP) is 2.90. The summed E-state index contributed by atoms with van der Waals surface area (Å²) in [6.45, 7) is 2.78. The van der Waals surface area contributed by atoms with Gasteiger partial charge in [-0.3, -0.25) is 4.99 Å². The van der Waals surface area contributed by atoms with Gasteiger partial charge in [0.25, 0.3) is 0 Å². The lowest BCUT2D eigenvalue weighted by Gasteiger charge is -2.21. The molecule has 0 unspecified atom stereocenters. The molecule has 1 aliphatic heterocycles. The normalized spacial score (nSPS) is 17.6. The summed E-state index contributed by atoms with van der Waals surface area (Å²) in [6, 6.07) is 8.18. The number of allylic oxidation sites excluding steroid dienone is 4. The number of imidazole rings is 1. The monoisotopic (exact) mass is 375 g/mol. The molecule has 0 bridgehead atoms. The Kier molecular flexibility index (Phi) is 5.37. The minimum atomic E-state index is 0.685. The van der Waals surface area contributed by atoms with Crippen LogP contribution in [0.2, 0.25) is 0 Å². The maximum atomic E-state index is 6.18. The Morgan fingerprint density at radius 1 is 1.25 bits per heavy atom. The van der Waals surface area contributed by atoms with Gasteiger partial charge in [0.05, 0.1) is 30.7 Å². The molecule has 2 heterocycles. The van der Waals surface area contributed by atoms with Gasteiger partial charge in [0.1, 0.15) is 18.1 Å². The number of aliphatic imine (C=N–C) groups is 2. The minimum Gasteiger partial charge on any atom is -0.397 e. The van der Waals surface area contributed by atoms with E-state index in [4.69, 9.17) is 10.7 Å². The van der Waals surface area contributed by atoms with E-state index in [1.54, 1.807) is 0 Å². The van der Waals surface area contributed by atoms with Gasteiger partial charge >= 0.3 is 0 Å². The molecule has 1 aromatic carbocycles. The first-order valence-corrected chi connectivity index (χ1v) is 9.84. The molecule has 28 heavy (non-hydrogen) atoms. The van der Waals surface area contributed by atoms with Gasteiger partial charge in [-0.05, 0) is 48.8 Å². The number of rotatable bonds is 6. The third kappa shape index (κ3) is 4.22. The van der Waals surface area contributed by atoms with Crippen molar-refractivity contribution in [3.8, 4) is 0 Å². The van der Waals surface area contributed by atoms with E-state index in [-0.39, 0.29) is 0 Å². The summed E-state index contributed by atoms with van der Waals surface area (Å²) in [5, 5.41) is 3.47. The van der Waals surface area contributed by atoms with Gasteiger partial charge in [-0.25, -0.2) is 14.1 Å². The molecule has 4 rings (SSSR count). The van der Waals surface area contributed by atoms with Gasteiger partial charge in [0.15, 0.2) is 0 Å². The van der Waals surface area contributed by atoms with E-state index < -0.39 is 0 Å². The molecule has 0 amide bonds. The molecule has 6 heteroatoms. The van der Waals surface area contributed by atoms with Crippen molar-refractivity contribution in [2.45, 2.75) is 25.8 Å². The Morgan fingerprint density at radius 3 is 2.89 bits per heavy atom. The van der Waals surface area contributed by atoms with Gasteiger partial charge in [-0.15, -0.1) is 0 Å². The summed E-state index contributed by atoms with van der Waals surface area (Å²) in [5.74, 6) is 0. The van der Waals surface area contributed by atoms with Gasteiger partial charge < -0.3 is 11.1 Å². The highest BCUT2D eigenvalue weighted by atomic mass is 15.1. The molecule has 0 spiro atoms. The van der Waals surface area contributed by atoms with Crippen LogP contribution in [-0.2, 0) is 13.6 Å². The number of anilines is 1. The number of nitrogens with one attached hydrogen (secondary N) is 1. The minimum absolute atomic E-state index is 0.685. The number of hydrogen-bond acceptors (Lipinski definition) is 4. The van der Waals surface area contributed by atoms with Crippen LogP contribution >= 0.6 is 0 Å². The Bertz CT molecular complexity index is 959. The predicted molar refractivity (Wildman–Crippen MR) is 114 cm³/mol. The first-order valence-electron chi connectivity index (χ1n) is 9.84. The smallest absolute Gasteiger partial charge is 0.243 e. The highest BCUT2D eigenvalue weighted by Crippen LogP contribution is 2.24. The van der Waals surface area contributed by atoms with Gasteiger partial charge in [-0.1, -0.05) is 6.08 Å². The summed E-state index contributed by atoms with van der Waals surface area (Å²) < 4.78 is 4.25. The van der Waals surface area contributed by atoms with E-state index in [1.165, 1.54) is 5.57 Å². The maximum absolute atomic E-state index is 6.18. The third-order valence-electron chi connectivity index (χ3n) is 4.99. The molecular weight excluding hydrogens is 348 g/mol. The second kappa shape index (κ2) is 8.25. The van der Waals surface area contributed by atoms with Crippen molar-refractivity contribution >= 4 is 22.8 Å². The van der Waals surface area contributed by atoms with Gasteiger partial charge in [0, 0.05) is 25.2 Å². The summed E-state index contributed by atoms with van der Waals surface area (Å²) in [5.41, 5.74) is 11.9. The molecule has 0 saturated heterocycles. The number of aromatic nitrogens is 2. The zero-order valence-electron chi connectivity index (χ0n) is 16.3. The highest BCUT2D eigenvalue weighted by molar-refractivity contribution is 6.54. The summed E-state index contributed by atoms with van der Waals surface area (Å²) in [7, 11) is 2.04. The second-order valence-corrected chi connectivity index (χ2v) is 7.25. The molecule has 2 aliphatic rings. The average Bonchev–Trinajstić information content (AvgIpc) is 3.14. The van der Waals surface area contributed by atoms with E-state index in [1.807, 2.05) is 25.3 Å². The fourth-order valence-electron chi connectivity index (χ4n) is 3.50. The fraction of sp³-hybridized carbons (Fsp3) is 0.318. The number of nitrogens with zero attached hydrogens (tertiary/aromatic N) is 4. The van der Waals surface area contributed by atoms with Crippen molar-refractivity contribution in [1.29, 1.82) is 0 Å². The van der Waals surface area contributed by atoms with Crippen molar-refractivity contribution in [3.05, 3.63) is 66.4 Å². The van der Waals surface area contributed by atoms with Crippen LogP contribution in [0, 0.1) is 0 Å². The van der Waals surface area contributed by atoms with Crippen LogP contribution in [0.15, 0.2) is 76.4 Å².